The van der Waals surface area contributed by atoms with Crippen LogP contribution in [0.2, 0.25) is 0 Å². The first kappa shape index (κ1) is 13.1. The van der Waals surface area contributed by atoms with E-state index in [-0.39, 0.29) is 5.78 Å². The predicted molar refractivity (Wildman–Crippen MR) is 78.9 cm³/mol. The summed E-state index contributed by atoms with van der Waals surface area (Å²) in [7, 11) is 0. The molecule has 102 valence electrons. The lowest BCUT2D eigenvalue weighted by Crippen LogP contribution is -2.11. The topological polar surface area (TPSA) is 37.3 Å². The molecule has 0 bridgehead atoms. The molecule has 0 unspecified atom stereocenters. The molecule has 20 heavy (non-hydrogen) atoms. The van der Waals surface area contributed by atoms with Crippen molar-refractivity contribution in [3.8, 4) is 0 Å². The van der Waals surface area contributed by atoms with Crippen LogP contribution in [0, 0.1) is 0 Å². The molecule has 0 spiro atoms. The molecular formula is C18H18O2. The number of hydrogen-bond donors (Lipinski definition) is 1. The van der Waals surface area contributed by atoms with E-state index in [1.807, 2.05) is 24.3 Å². The molecule has 0 amide bonds. The van der Waals surface area contributed by atoms with E-state index in [4.69, 9.17) is 5.11 Å². The number of aliphatic hydroxyl groups is 1. The van der Waals surface area contributed by atoms with Crippen LogP contribution in [-0.2, 0) is 11.8 Å². The van der Waals surface area contributed by atoms with Crippen LogP contribution in [0.3, 0.4) is 0 Å². The molecule has 1 aliphatic rings. The monoisotopic (exact) mass is 266 g/mol. The summed E-state index contributed by atoms with van der Waals surface area (Å²) in [6.45, 7) is -0.423. The van der Waals surface area contributed by atoms with Crippen molar-refractivity contribution < 1.29 is 9.90 Å². The van der Waals surface area contributed by atoms with Crippen molar-refractivity contribution in [1.29, 1.82) is 0 Å². The van der Waals surface area contributed by atoms with Crippen LogP contribution in [0.25, 0.3) is 0 Å². The first-order chi connectivity index (χ1) is 9.73. The summed E-state index contributed by atoms with van der Waals surface area (Å²) in [5.74, 6) is -0.222. The summed E-state index contributed by atoms with van der Waals surface area (Å²) >= 11 is 0. The van der Waals surface area contributed by atoms with E-state index < -0.39 is 6.61 Å². The van der Waals surface area contributed by atoms with E-state index in [1.54, 1.807) is 0 Å². The number of rotatable bonds is 5. The van der Waals surface area contributed by atoms with Crippen LogP contribution >= 0.6 is 0 Å². The Hall–Kier alpha value is -1.93. The van der Waals surface area contributed by atoms with Crippen LogP contribution in [0.1, 0.15) is 34.3 Å². The van der Waals surface area contributed by atoms with E-state index in [0.29, 0.717) is 11.0 Å². The molecule has 1 saturated carbocycles. The summed E-state index contributed by atoms with van der Waals surface area (Å²) < 4.78 is 0. The van der Waals surface area contributed by atoms with E-state index >= 15 is 0 Å². The number of benzene rings is 2. The zero-order chi connectivity index (χ0) is 14.0. The summed E-state index contributed by atoms with van der Waals surface area (Å²) in [4.78, 5) is 11.4. The van der Waals surface area contributed by atoms with Crippen molar-refractivity contribution >= 4 is 5.78 Å². The van der Waals surface area contributed by atoms with Gasteiger partial charge in [0.2, 0.25) is 0 Å². The lowest BCUT2D eigenvalue weighted by Gasteiger charge is -2.16. The van der Waals surface area contributed by atoms with E-state index in [0.717, 1.165) is 6.42 Å². The highest BCUT2D eigenvalue weighted by atomic mass is 16.3. The van der Waals surface area contributed by atoms with Gasteiger partial charge in [0.1, 0.15) is 6.61 Å². The highest BCUT2D eigenvalue weighted by Crippen LogP contribution is 2.50. The fourth-order valence-electron chi connectivity index (χ4n) is 2.80. The third-order valence-electron chi connectivity index (χ3n) is 4.20. The predicted octanol–water partition coefficient (Wildman–Crippen LogP) is 3.14. The minimum Gasteiger partial charge on any atom is -0.388 e. The van der Waals surface area contributed by atoms with Gasteiger partial charge >= 0.3 is 0 Å². The van der Waals surface area contributed by atoms with Crippen LogP contribution < -0.4 is 0 Å². The van der Waals surface area contributed by atoms with Gasteiger partial charge in [-0.25, -0.2) is 0 Å². The number of hydrogen-bond acceptors (Lipinski definition) is 2. The van der Waals surface area contributed by atoms with Gasteiger partial charge in [-0.1, -0.05) is 54.6 Å². The molecule has 0 saturated heterocycles. The maximum atomic E-state index is 11.4. The number of carbonyl (C=O) groups excluding carboxylic acids is 1. The molecule has 0 aliphatic heterocycles. The van der Waals surface area contributed by atoms with Gasteiger partial charge < -0.3 is 5.11 Å². The first-order valence-electron chi connectivity index (χ1n) is 7.02. The van der Waals surface area contributed by atoms with Crippen molar-refractivity contribution in [3.05, 3.63) is 71.3 Å². The second kappa shape index (κ2) is 5.22. The van der Waals surface area contributed by atoms with Crippen molar-refractivity contribution in [3.63, 3.8) is 0 Å². The molecule has 0 heterocycles. The molecule has 2 nitrogen and oxygen atoms in total. The van der Waals surface area contributed by atoms with Crippen LogP contribution in [-0.4, -0.2) is 17.5 Å². The molecule has 1 N–H and O–H groups in total. The Kier molecular flexibility index (Phi) is 3.41. The molecule has 1 fully saturated rings. The van der Waals surface area contributed by atoms with Crippen LogP contribution in [0.15, 0.2) is 54.6 Å². The average molecular weight is 266 g/mol. The lowest BCUT2D eigenvalue weighted by molar-refractivity contribution is 0.0904. The van der Waals surface area contributed by atoms with Gasteiger partial charge in [0, 0.05) is 5.56 Å². The largest absolute Gasteiger partial charge is 0.388 e. The van der Waals surface area contributed by atoms with Gasteiger partial charge in [-0.05, 0) is 35.8 Å². The Morgan fingerprint density at radius 3 is 2.20 bits per heavy atom. The van der Waals surface area contributed by atoms with Gasteiger partial charge in [-0.2, -0.15) is 0 Å². The average Bonchev–Trinajstić information content (AvgIpc) is 3.29. The molecule has 2 aromatic carbocycles. The third kappa shape index (κ3) is 2.52. The van der Waals surface area contributed by atoms with Crippen molar-refractivity contribution in [2.75, 3.05) is 6.61 Å². The van der Waals surface area contributed by atoms with Gasteiger partial charge in [0.25, 0.3) is 0 Å². The van der Waals surface area contributed by atoms with E-state index in [1.165, 1.54) is 24.0 Å². The van der Waals surface area contributed by atoms with E-state index in [2.05, 4.69) is 30.3 Å². The molecule has 0 radical (unpaired) electrons. The number of Topliss-reactive ketones (excluding diaryl/α,β-unsaturated/α-hetero) is 1. The minimum atomic E-state index is -0.423. The molecule has 1 aliphatic carbocycles. The Bertz CT molecular complexity index is 595. The zero-order valence-corrected chi connectivity index (χ0v) is 11.4. The Balaban J connectivity index is 1.77. The summed E-state index contributed by atoms with van der Waals surface area (Å²) in [6.07, 6.45) is 3.48. The Morgan fingerprint density at radius 2 is 1.65 bits per heavy atom. The quantitative estimate of drug-likeness (QED) is 0.844. The second-order valence-corrected chi connectivity index (χ2v) is 5.60. The normalized spacial score (nSPS) is 15.8. The molecule has 0 aromatic heterocycles. The molecule has 0 atom stereocenters. The summed E-state index contributed by atoms with van der Waals surface area (Å²) in [5.41, 5.74) is 3.54. The Labute approximate surface area is 119 Å². The second-order valence-electron chi connectivity index (χ2n) is 5.60. The Morgan fingerprint density at radius 1 is 1.00 bits per heavy atom. The van der Waals surface area contributed by atoms with Gasteiger partial charge in [0.05, 0.1) is 0 Å². The first-order valence-corrected chi connectivity index (χ1v) is 7.02. The third-order valence-corrected chi connectivity index (χ3v) is 4.20. The fourth-order valence-corrected chi connectivity index (χ4v) is 2.80. The van der Waals surface area contributed by atoms with Crippen molar-refractivity contribution in [1.82, 2.24) is 0 Å². The van der Waals surface area contributed by atoms with E-state index in [9.17, 15) is 4.79 Å². The van der Waals surface area contributed by atoms with Gasteiger partial charge in [0.15, 0.2) is 5.78 Å². The van der Waals surface area contributed by atoms with Gasteiger partial charge in [-0.3, -0.25) is 4.79 Å². The SMILES string of the molecule is O=C(CO)c1ccc(CC2(c3ccccc3)CC2)cc1. The van der Waals surface area contributed by atoms with Crippen LogP contribution in [0.4, 0.5) is 0 Å². The minimum absolute atomic E-state index is 0.222. The smallest absolute Gasteiger partial charge is 0.188 e. The maximum absolute atomic E-state index is 11.4. The van der Waals surface area contributed by atoms with Crippen molar-refractivity contribution in [2.24, 2.45) is 0 Å². The number of carbonyl (C=O) groups is 1. The number of aliphatic hydroxyl groups excluding tert-OH is 1. The molecular weight excluding hydrogens is 248 g/mol. The van der Waals surface area contributed by atoms with Crippen LogP contribution in [0.5, 0.6) is 0 Å². The summed E-state index contributed by atoms with van der Waals surface area (Å²) in [5, 5.41) is 8.85. The maximum Gasteiger partial charge on any atom is 0.188 e. The highest BCUT2D eigenvalue weighted by Gasteiger charge is 2.43. The summed E-state index contributed by atoms with van der Waals surface area (Å²) in [6, 6.07) is 18.3. The number of ketones is 1. The standard InChI is InChI=1S/C18H18O2/c19-13-17(20)15-8-6-14(7-9-15)12-18(10-11-18)16-4-2-1-3-5-16/h1-9,19H,10-13H2. The molecule has 3 rings (SSSR count). The van der Waals surface area contributed by atoms with Gasteiger partial charge in [-0.15, -0.1) is 0 Å². The molecule has 2 aromatic rings. The zero-order valence-electron chi connectivity index (χ0n) is 11.4. The highest BCUT2D eigenvalue weighted by molar-refractivity contribution is 5.96. The lowest BCUT2D eigenvalue weighted by atomic mass is 9.88. The van der Waals surface area contributed by atoms with Crippen molar-refractivity contribution in [2.45, 2.75) is 24.7 Å². The fraction of sp³-hybridized carbons (Fsp3) is 0.278. The molecule has 2 heteroatoms.